The summed E-state index contributed by atoms with van der Waals surface area (Å²) in [6, 6.07) is 6.87. The van der Waals surface area contributed by atoms with Crippen LogP contribution in [0.1, 0.15) is 30.1 Å². The molecule has 102 valence electrons. The lowest BCUT2D eigenvalue weighted by Crippen LogP contribution is -2.47. The Balaban J connectivity index is 1.77. The maximum atomic E-state index is 11.8. The first-order valence-electron chi connectivity index (χ1n) is 6.94. The van der Waals surface area contributed by atoms with Gasteiger partial charge in [0.25, 0.3) is 0 Å². The summed E-state index contributed by atoms with van der Waals surface area (Å²) in [7, 11) is 0. The fourth-order valence-electron chi connectivity index (χ4n) is 2.83. The molecule has 1 aliphatic heterocycles. The summed E-state index contributed by atoms with van der Waals surface area (Å²) in [5.41, 5.74) is 1.92. The van der Waals surface area contributed by atoms with Crippen LogP contribution in [0.2, 0.25) is 0 Å². The Hall–Kier alpha value is -0.870. The predicted molar refractivity (Wildman–Crippen MR) is 81.0 cm³/mol. The van der Waals surface area contributed by atoms with Crippen molar-refractivity contribution in [3.8, 4) is 0 Å². The number of anilines is 1. The molecule has 0 spiro atoms. The summed E-state index contributed by atoms with van der Waals surface area (Å²) in [4.78, 5) is 16.7. The van der Waals surface area contributed by atoms with Crippen molar-refractivity contribution in [3.63, 3.8) is 0 Å². The number of hydrogen-bond donors (Lipinski definition) is 0. The summed E-state index contributed by atoms with van der Waals surface area (Å²) < 4.78 is 0.970. The molecule has 0 aromatic heterocycles. The summed E-state index contributed by atoms with van der Waals surface area (Å²) >= 11 is 3.45. The molecule has 2 fully saturated rings. The largest absolute Gasteiger partial charge is 0.368 e. The van der Waals surface area contributed by atoms with Gasteiger partial charge in [0.15, 0.2) is 5.78 Å². The molecule has 3 nitrogen and oxygen atoms in total. The van der Waals surface area contributed by atoms with E-state index in [2.05, 4.69) is 31.8 Å². The van der Waals surface area contributed by atoms with E-state index >= 15 is 0 Å². The molecule has 1 saturated heterocycles. The third-order valence-corrected chi connectivity index (χ3v) is 4.55. The van der Waals surface area contributed by atoms with E-state index in [9.17, 15) is 4.79 Å². The molecule has 0 unspecified atom stereocenters. The fraction of sp³-hybridized carbons (Fsp3) is 0.533. The molecule has 1 heterocycles. The van der Waals surface area contributed by atoms with E-state index < -0.39 is 0 Å². The van der Waals surface area contributed by atoms with Crippen LogP contribution in [0.15, 0.2) is 22.7 Å². The second kappa shape index (κ2) is 5.25. The number of piperazine rings is 1. The van der Waals surface area contributed by atoms with Crippen LogP contribution in [0, 0.1) is 0 Å². The van der Waals surface area contributed by atoms with Gasteiger partial charge in [0.05, 0.1) is 0 Å². The predicted octanol–water partition coefficient (Wildman–Crippen LogP) is 2.94. The molecule has 0 bridgehead atoms. The lowest BCUT2D eigenvalue weighted by molar-refractivity contribution is 0.101. The smallest absolute Gasteiger partial charge is 0.161 e. The van der Waals surface area contributed by atoms with Gasteiger partial charge in [0, 0.05) is 47.9 Å². The Labute approximate surface area is 122 Å². The van der Waals surface area contributed by atoms with Crippen molar-refractivity contribution >= 4 is 27.4 Å². The molecule has 1 aromatic rings. The Morgan fingerprint density at radius 3 is 2.47 bits per heavy atom. The maximum absolute atomic E-state index is 11.8. The third-order valence-electron chi connectivity index (χ3n) is 4.06. The SMILES string of the molecule is CC(=O)c1cc(Br)ccc1N1CCN(C2CC2)CC1. The van der Waals surface area contributed by atoms with Gasteiger partial charge in [0.2, 0.25) is 0 Å². The summed E-state index contributed by atoms with van der Waals surface area (Å²) in [6.07, 6.45) is 2.74. The standard InChI is InChI=1S/C15H19BrN2O/c1-11(19)14-10-12(16)2-5-15(14)18-8-6-17(7-9-18)13-3-4-13/h2,5,10,13H,3-4,6-9H2,1H3. The van der Waals surface area contributed by atoms with Crippen LogP contribution < -0.4 is 4.90 Å². The topological polar surface area (TPSA) is 23.6 Å². The number of benzene rings is 1. The van der Waals surface area contributed by atoms with Gasteiger partial charge in [-0.05, 0) is 38.0 Å². The maximum Gasteiger partial charge on any atom is 0.161 e. The normalized spacial score (nSPS) is 20.6. The van der Waals surface area contributed by atoms with E-state index in [0.717, 1.165) is 47.9 Å². The molecule has 4 heteroatoms. The summed E-state index contributed by atoms with van der Waals surface area (Å²) in [6.45, 7) is 5.94. The zero-order valence-electron chi connectivity index (χ0n) is 11.2. The molecule has 0 atom stereocenters. The lowest BCUT2D eigenvalue weighted by Gasteiger charge is -2.37. The van der Waals surface area contributed by atoms with Crippen molar-refractivity contribution in [2.24, 2.45) is 0 Å². The molecule has 0 radical (unpaired) electrons. The molecular formula is C15H19BrN2O. The Morgan fingerprint density at radius 2 is 1.89 bits per heavy atom. The zero-order valence-corrected chi connectivity index (χ0v) is 12.8. The van der Waals surface area contributed by atoms with E-state index in [1.165, 1.54) is 12.8 Å². The number of carbonyl (C=O) groups is 1. The van der Waals surface area contributed by atoms with E-state index in [-0.39, 0.29) is 5.78 Å². The number of rotatable bonds is 3. The second-order valence-electron chi connectivity index (χ2n) is 5.47. The average molecular weight is 323 g/mol. The number of ketones is 1. The molecule has 0 N–H and O–H groups in total. The number of hydrogen-bond acceptors (Lipinski definition) is 3. The summed E-state index contributed by atoms with van der Waals surface area (Å²) in [5, 5.41) is 0. The van der Waals surface area contributed by atoms with Crippen molar-refractivity contribution < 1.29 is 4.79 Å². The van der Waals surface area contributed by atoms with Crippen LogP contribution >= 0.6 is 15.9 Å². The number of Topliss-reactive ketones (excluding diaryl/α,β-unsaturated/α-hetero) is 1. The van der Waals surface area contributed by atoms with Gasteiger partial charge >= 0.3 is 0 Å². The number of nitrogens with zero attached hydrogens (tertiary/aromatic N) is 2. The van der Waals surface area contributed by atoms with Crippen molar-refractivity contribution in [1.82, 2.24) is 4.90 Å². The van der Waals surface area contributed by atoms with Crippen LogP contribution in [-0.4, -0.2) is 42.9 Å². The van der Waals surface area contributed by atoms with Crippen LogP contribution in [0.5, 0.6) is 0 Å². The first kappa shape index (κ1) is 13.1. The highest BCUT2D eigenvalue weighted by molar-refractivity contribution is 9.10. The van der Waals surface area contributed by atoms with Crippen LogP contribution in [0.25, 0.3) is 0 Å². The van der Waals surface area contributed by atoms with Crippen molar-refractivity contribution in [2.45, 2.75) is 25.8 Å². The van der Waals surface area contributed by atoms with E-state index in [1.807, 2.05) is 12.1 Å². The van der Waals surface area contributed by atoms with Crippen molar-refractivity contribution in [2.75, 3.05) is 31.1 Å². The van der Waals surface area contributed by atoms with Gasteiger partial charge in [0.1, 0.15) is 0 Å². The van der Waals surface area contributed by atoms with Crippen LogP contribution in [0.4, 0.5) is 5.69 Å². The molecular weight excluding hydrogens is 304 g/mol. The molecule has 1 saturated carbocycles. The molecule has 2 aliphatic rings. The Morgan fingerprint density at radius 1 is 1.21 bits per heavy atom. The number of carbonyl (C=O) groups excluding carboxylic acids is 1. The minimum atomic E-state index is 0.140. The third kappa shape index (κ3) is 2.84. The number of halogens is 1. The second-order valence-corrected chi connectivity index (χ2v) is 6.39. The zero-order chi connectivity index (χ0) is 13.4. The van der Waals surface area contributed by atoms with Gasteiger partial charge in [-0.15, -0.1) is 0 Å². The van der Waals surface area contributed by atoms with Crippen molar-refractivity contribution in [1.29, 1.82) is 0 Å². The van der Waals surface area contributed by atoms with Crippen molar-refractivity contribution in [3.05, 3.63) is 28.2 Å². The fourth-order valence-corrected chi connectivity index (χ4v) is 3.19. The highest BCUT2D eigenvalue weighted by Gasteiger charge is 2.31. The minimum absolute atomic E-state index is 0.140. The van der Waals surface area contributed by atoms with E-state index in [1.54, 1.807) is 6.92 Å². The quantitative estimate of drug-likeness (QED) is 0.799. The van der Waals surface area contributed by atoms with Gasteiger partial charge < -0.3 is 4.90 Å². The van der Waals surface area contributed by atoms with Crippen LogP contribution in [-0.2, 0) is 0 Å². The molecule has 19 heavy (non-hydrogen) atoms. The minimum Gasteiger partial charge on any atom is -0.368 e. The first-order chi connectivity index (χ1) is 9.15. The van der Waals surface area contributed by atoms with E-state index in [4.69, 9.17) is 0 Å². The average Bonchev–Trinajstić information content (AvgIpc) is 3.23. The highest BCUT2D eigenvalue weighted by Crippen LogP contribution is 2.30. The monoisotopic (exact) mass is 322 g/mol. The van der Waals surface area contributed by atoms with Gasteiger partial charge in [-0.1, -0.05) is 15.9 Å². The van der Waals surface area contributed by atoms with Gasteiger partial charge in [-0.2, -0.15) is 0 Å². The molecule has 0 amide bonds. The highest BCUT2D eigenvalue weighted by atomic mass is 79.9. The van der Waals surface area contributed by atoms with Gasteiger partial charge in [-0.3, -0.25) is 9.69 Å². The Bertz CT molecular complexity index is 491. The molecule has 1 aliphatic carbocycles. The first-order valence-corrected chi connectivity index (χ1v) is 7.74. The lowest BCUT2D eigenvalue weighted by atomic mass is 10.1. The molecule has 1 aromatic carbocycles. The molecule has 3 rings (SSSR count). The van der Waals surface area contributed by atoms with Crippen LogP contribution in [0.3, 0.4) is 0 Å². The van der Waals surface area contributed by atoms with Gasteiger partial charge in [-0.25, -0.2) is 0 Å². The van der Waals surface area contributed by atoms with E-state index in [0.29, 0.717) is 0 Å². The Kier molecular flexibility index (Phi) is 3.63. The summed E-state index contributed by atoms with van der Waals surface area (Å²) in [5.74, 6) is 0.140.